The van der Waals surface area contributed by atoms with Crippen LogP contribution in [0.25, 0.3) is 22.3 Å². The molecule has 4 aromatic heterocycles. The van der Waals surface area contributed by atoms with Gasteiger partial charge in [0.25, 0.3) is 5.56 Å². The Labute approximate surface area is 231 Å². The molecule has 2 unspecified atom stereocenters. The van der Waals surface area contributed by atoms with Crippen LogP contribution in [0.2, 0.25) is 0 Å². The van der Waals surface area contributed by atoms with Gasteiger partial charge in [-0.3, -0.25) is 28.0 Å². The molecule has 0 amide bonds. The standard InChI is InChI=1S/C20H26N10O9P2/c21-16-14-17(24-6-23-16)29(7-25-14)12-2-1-9(37-12)4-36-41(34)39-10-3-13(38-11(10)5-35-40(32)33)30-8-26-15-18(30)27-20(22)28-19(15)31/h6-13,40-41H,1-5H2,(H,32,33)(H2,21,23,24)(H3,22,27,28,31)/t9-,10-,11+,12+,13+/m0/s1. The maximum Gasteiger partial charge on any atom is 0.319 e. The number of nitrogens with two attached hydrogens (primary N) is 2. The summed E-state index contributed by atoms with van der Waals surface area (Å²) in [4.78, 5) is 44.2. The molecule has 0 aliphatic carbocycles. The number of imidazole rings is 2. The molecular weight excluding hydrogens is 586 g/mol. The van der Waals surface area contributed by atoms with Crippen molar-refractivity contribution in [2.45, 2.75) is 50.0 Å². The van der Waals surface area contributed by atoms with E-state index in [2.05, 4.69) is 29.9 Å². The predicted molar refractivity (Wildman–Crippen MR) is 141 cm³/mol. The number of aromatic amines is 1. The van der Waals surface area contributed by atoms with Crippen LogP contribution in [0.4, 0.5) is 11.8 Å². The van der Waals surface area contributed by atoms with Gasteiger partial charge in [0.15, 0.2) is 22.6 Å². The molecule has 0 saturated carbocycles. The average molecular weight is 612 g/mol. The molecule has 6 N–H and O–H groups in total. The zero-order chi connectivity index (χ0) is 28.7. The largest absolute Gasteiger partial charge is 0.382 e. The van der Waals surface area contributed by atoms with Gasteiger partial charge in [-0.2, -0.15) is 4.98 Å². The maximum atomic E-state index is 12.8. The number of nitrogens with one attached hydrogen (secondary N) is 1. The van der Waals surface area contributed by atoms with Crippen molar-refractivity contribution < 1.29 is 37.1 Å². The van der Waals surface area contributed by atoms with Crippen LogP contribution in [0.5, 0.6) is 0 Å². The molecule has 7 atom stereocenters. The van der Waals surface area contributed by atoms with Gasteiger partial charge in [0.05, 0.1) is 38.1 Å². The Hall–Kier alpha value is -3.28. The first kappa shape index (κ1) is 27.9. The molecule has 2 aliphatic heterocycles. The molecular formula is C20H26N10O9P2. The van der Waals surface area contributed by atoms with E-state index in [1.807, 2.05) is 0 Å². The third-order valence-electron chi connectivity index (χ3n) is 6.73. The number of nitrogens with zero attached hydrogens (tertiary/aromatic N) is 7. The summed E-state index contributed by atoms with van der Waals surface area (Å²) in [6.07, 6.45) is 2.45. The van der Waals surface area contributed by atoms with E-state index < -0.39 is 40.5 Å². The molecule has 21 heteroatoms. The third-order valence-corrected chi connectivity index (χ3v) is 8.04. The van der Waals surface area contributed by atoms with E-state index in [1.54, 1.807) is 10.9 Å². The van der Waals surface area contributed by atoms with Crippen LogP contribution in [-0.4, -0.2) is 75.5 Å². The molecule has 2 aliphatic rings. The van der Waals surface area contributed by atoms with E-state index in [9.17, 15) is 13.9 Å². The Kier molecular flexibility index (Phi) is 7.84. The Morgan fingerprint density at radius 2 is 1.78 bits per heavy atom. The summed E-state index contributed by atoms with van der Waals surface area (Å²) in [5.41, 5.74) is 12.2. The fourth-order valence-electron chi connectivity index (χ4n) is 4.87. The fraction of sp³-hybridized carbons (Fsp3) is 0.500. The lowest BCUT2D eigenvalue weighted by Crippen LogP contribution is -2.27. The molecule has 220 valence electrons. The van der Waals surface area contributed by atoms with Crippen molar-refractivity contribution in [2.24, 2.45) is 0 Å². The van der Waals surface area contributed by atoms with E-state index >= 15 is 0 Å². The van der Waals surface area contributed by atoms with E-state index in [0.29, 0.717) is 24.0 Å². The normalized spacial score (nSPS) is 26.2. The smallest absolute Gasteiger partial charge is 0.319 e. The van der Waals surface area contributed by atoms with Crippen molar-refractivity contribution in [3.8, 4) is 0 Å². The van der Waals surface area contributed by atoms with Crippen LogP contribution in [0, 0.1) is 0 Å². The summed E-state index contributed by atoms with van der Waals surface area (Å²) in [6, 6.07) is 0. The van der Waals surface area contributed by atoms with Gasteiger partial charge in [0.1, 0.15) is 30.4 Å². The first-order valence-electron chi connectivity index (χ1n) is 12.4. The van der Waals surface area contributed by atoms with Crippen molar-refractivity contribution in [1.29, 1.82) is 0 Å². The molecule has 4 aromatic rings. The zero-order valence-corrected chi connectivity index (χ0v) is 23.2. The van der Waals surface area contributed by atoms with Gasteiger partial charge in [-0.1, -0.05) is 0 Å². The van der Waals surface area contributed by atoms with Gasteiger partial charge in [0.2, 0.25) is 5.95 Å². The highest BCUT2D eigenvalue weighted by atomic mass is 31.1. The molecule has 0 radical (unpaired) electrons. The van der Waals surface area contributed by atoms with E-state index in [-0.39, 0.29) is 54.9 Å². The number of hydrogen-bond acceptors (Lipinski definition) is 15. The molecule has 0 bridgehead atoms. The Morgan fingerprint density at radius 1 is 1.00 bits per heavy atom. The van der Waals surface area contributed by atoms with Gasteiger partial charge in [-0.05, 0) is 12.8 Å². The van der Waals surface area contributed by atoms with Crippen LogP contribution in [0.1, 0.15) is 31.7 Å². The lowest BCUT2D eigenvalue weighted by molar-refractivity contribution is -0.0381. The van der Waals surface area contributed by atoms with E-state index in [0.717, 1.165) is 0 Å². The summed E-state index contributed by atoms with van der Waals surface area (Å²) in [6.45, 7) is -0.313. The van der Waals surface area contributed by atoms with Crippen LogP contribution in [0.3, 0.4) is 0 Å². The summed E-state index contributed by atoms with van der Waals surface area (Å²) >= 11 is 0. The number of hydrogen-bond donors (Lipinski definition) is 4. The molecule has 0 spiro atoms. The first-order chi connectivity index (χ1) is 19.8. The molecule has 6 heterocycles. The van der Waals surface area contributed by atoms with Crippen molar-refractivity contribution in [2.75, 3.05) is 24.7 Å². The van der Waals surface area contributed by atoms with Gasteiger partial charge in [-0.15, -0.1) is 0 Å². The Bertz CT molecular complexity index is 1680. The highest BCUT2D eigenvalue weighted by molar-refractivity contribution is 7.33. The number of ether oxygens (including phenoxy) is 2. The number of anilines is 2. The summed E-state index contributed by atoms with van der Waals surface area (Å²) in [5, 5.41) is 0. The van der Waals surface area contributed by atoms with Gasteiger partial charge in [0, 0.05) is 6.42 Å². The number of H-pyrrole nitrogens is 1. The molecule has 2 fully saturated rings. The second-order valence-corrected chi connectivity index (χ2v) is 11.2. The number of nitrogen functional groups attached to an aromatic ring is 2. The van der Waals surface area contributed by atoms with E-state index in [4.69, 9.17) is 39.4 Å². The monoisotopic (exact) mass is 612 g/mol. The minimum Gasteiger partial charge on any atom is -0.382 e. The molecule has 0 aromatic carbocycles. The predicted octanol–water partition coefficient (Wildman–Crippen LogP) is 0.279. The summed E-state index contributed by atoms with van der Waals surface area (Å²) in [5.74, 6) is 0.160. The SMILES string of the molecule is Nc1nc2c(ncn2[C@H]2C[C@H](O[PH](=O)OC[C@@H]3CC[C@H](n4cnc5c(N)ncnc54)O3)[C@@H](CO[PH](=O)O)O2)c(=O)[nH]1. The van der Waals surface area contributed by atoms with Crippen LogP contribution < -0.4 is 17.0 Å². The van der Waals surface area contributed by atoms with Crippen molar-refractivity contribution >= 4 is 50.6 Å². The second-order valence-electron chi connectivity index (χ2n) is 9.31. The number of aromatic nitrogens is 8. The third kappa shape index (κ3) is 5.75. The van der Waals surface area contributed by atoms with Gasteiger partial charge < -0.3 is 39.4 Å². The highest BCUT2D eigenvalue weighted by Crippen LogP contribution is 2.40. The second kappa shape index (κ2) is 11.5. The maximum absolute atomic E-state index is 12.8. The molecule has 41 heavy (non-hydrogen) atoms. The van der Waals surface area contributed by atoms with Crippen molar-refractivity contribution in [1.82, 2.24) is 39.0 Å². The quantitative estimate of drug-likeness (QED) is 0.175. The van der Waals surface area contributed by atoms with Gasteiger partial charge in [-0.25, -0.2) is 19.9 Å². The first-order valence-corrected chi connectivity index (χ1v) is 14.9. The van der Waals surface area contributed by atoms with Crippen molar-refractivity contribution in [3.63, 3.8) is 0 Å². The average Bonchev–Trinajstić information content (AvgIpc) is 3.71. The number of fused-ring (bicyclic) bond motifs is 2. The zero-order valence-electron chi connectivity index (χ0n) is 21.2. The van der Waals surface area contributed by atoms with Crippen LogP contribution >= 0.6 is 16.5 Å². The molecule has 2 saturated heterocycles. The minimum atomic E-state index is -3.27. The Morgan fingerprint density at radius 3 is 2.59 bits per heavy atom. The topological polar surface area (TPSA) is 260 Å². The minimum absolute atomic E-state index is 0.00129. The van der Waals surface area contributed by atoms with Crippen molar-refractivity contribution in [3.05, 3.63) is 29.3 Å². The number of rotatable bonds is 10. The van der Waals surface area contributed by atoms with Crippen LogP contribution in [-0.2, 0) is 32.2 Å². The van der Waals surface area contributed by atoms with Crippen LogP contribution in [0.15, 0.2) is 23.8 Å². The summed E-state index contributed by atoms with van der Waals surface area (Å²) in [7, 11) is -6.32. The lowest BCUT2D eigenvalue weighted by Gasteiger charge is -2.19. The fourth-order valence-corrected chi connectivity index (χ4v) is 6.06. The molecule has 6 rings (SSSR count). The van der Waals surface area contributed by atoms with Gasteiger partial charge >= 0.3 is 16.5 Å². The molecule has 19 nitrogen and oxygen atoms in total. The summed E-state index contributed by atoms with van der Waals surface area (Å²) < 4.78 is 55.2. The lowest BCUT2D eigenvalue weighted by atomic mass is 10.2. The van der Waals surface area contributed by atoms with E-state index in [1.165, 1.54) is 17.2 Å². The Balaban J connectivity index is 1.08. The highest BCUT2D eigenvalue weighted by Gasteiger charge is 2.40.